The van der Waals surface area contributed by atoms with Gasteiger partial charge in [0.25, 0.3) is 0 Å². The van der Waals surface area contributed by atoms with Crippen LogP contribution in [0.4, 0.5) is 0 Å². The molecule has 0 radical (unpaired) electrons. The van der Waals surface area contributed by atoms with Crippen molar-refractivity contribution in [3.63, 3.8) is 0 Å². The first-order valence-corrected chi connectivity index (χ1v) is 5.39. The summed E-state index contributed by atoms with van der Waals surface area (Å²) in [5.41, 5.74) is 0.371. The molecule has 1 aromatic rings. The van der Waals surface area contributed by atoms with E-state index in [1.54, 1.807) is 25.3 Å². The number of hydrogen-bond acceptors (Lipinski definition) is 5. The Kier molecular flexibility index (Phi) is 4.64. The van der Waals surface area contributed by atoms with E-state index in [1.165, 1.54) is 11.8 Å². The van der Waals surface area contributed by atoms with Gasteiger partial charge in [-0.3, -0.25) is 4.79 Å². The number of carbonyl (C=O) groups excluding carboxylic acids is 1. The maximum Gasteiger partial charge on any atom is 0.316 e. The molecule has 0 aliphatic heterocycles. The van der Waals surface area contributed by atoms with Gasteiger partial charge in [-0.25, -0.2) is 4.98 Å². The van der Waals surface area contributed by atoms with Gasteiger partial charge in [-0.15, -0.1) is 11.8 Å². The number of nitrogens with zero attached hydrogens (tertiary/aromatic N) is 2. The molecule has 4 nitrogen and oxygen atoms in total. The van der Waals surface area contributed by atoms with Crippen molar-refractivity contribution in [2.24, 2.45) is 0 Å². The summed E-state index contributed by atoms with van der Waals surface area (Å²) in [5, 5.41) is 8.52. The van der Waals surface area contributed by atoms with E-state index in [1.807, 2.05) is 6.07 Å². The van der Waals surface area contributed by atoms with E-state index in [-0.39, 0.29) is 11.7 Å². The normalized spacial score (nSPS) is 9.33. The van der Waals surface area contributed by atoms with Gasteiger partial charge in [0.15, 0.2) is 0 Å². The molecular weight excluding hydrogens is 212 g/mol. The van der Waals surface area contributed by atoms with Crippen molar-refractivity contribution in [1.82, 2.24) is 4.98 Å². The van der Waals surface area contributed by atoms with Crippen LogP contribution in [0.5, 0.6) is 0 Å². The third kappa shape index (κ3) is 4.00. The number of hydrogen-bond donors (Lipinski definition) is 0. The molecule has 0 amide bonds. The molecule has 0 saturated heterocycles. The highest BCUT2D eigenvalue weighted by Crippen LogP contribution is 2.16. The van der Waals surface area contributed by atoms with Crippen molar-refractivity contribution in [1.29, 1.82) is 5.26 Å². The van der Waals surface area contributed by atoms with Gasteiger partial charge in [0.2, 0.25) is 0 Å². The first kappa shape index (κ1) is 11.5. The number of carbonyl (C=O) groups is 1. The fraction of sp³-hybridized carbons (Fsp3) is 0.300. The van der Waals surface area contributed by atoms with Gasteiger partial charge in [0, 0.05) is 11.1 Å². The van der Waals surface area contributed by atoms with Crippen LogP contribution in [-0.4, -0.2) is 23.3 Å². The van der Waals surface area contributed by atoms with Crippen LogP contribution < -0.4 is 0 Å². The van der Waals surface area contributed by atoms with Crippen molar-refractivity contribution >= 4 is 17.7 Å². The summed E-state index contributed by atoms with van der Waals surface area (Å²) in [5.74, 6) is 0.0216. The number of aromatic nitrogens is 1. The summed E-state index contributed by atoms with van der Waals surface area (Å²) in [7, 11) is 0. The molecule has 78 valence electrons. The molecule has 1 rings (SSSR count). The van der Waals surface area contributed by atoms with Crippen LogP contribution in [0.25, 0.3) is 0 Å². The predicted molar refractivity (Wildman–Crippen MR) is 56.3 cm³/mol. The standard InChI is InChI=1S/C10H10N2O2S/c1-2-14-10(13)7-15-9-4-3-8(5-11)12-6-9/h3-4,6H,2,7H2,1H3. The molecule has 0 N–H and O–H groups in total. The third-order valence-corrected chi connectivity index (χ3v) is 2.47. The van der Waals surface area contributed by atoms with Crippen molar-refractivity contribution in [3.8, 4) is 6.07 Å². The largest absolute Gasteiger partial charge is 0.465 e. The Morgan fingerprint density at radius 2 is 2.47 bits per heavy atom. The topological polar surface area (TPSA) is 63.0 Å². The molecule has 0 fully saturated rings. The maximum absolute atomic E-state index is 11.0. The van der Waals surface area contributed by atoms with Crippen LogP contribution in [-0.2, 0) is 9.53 Å². The van der Waals surface area contributed by atoms with E-state index < -0.39 is 0 Å². The lowest BCUT2D eigenvalue weighted by atomic mass is 10.4. The summed E-state index contributed by atoms with van der Waals surface area (Å²) >= 11 is 1.34. The number of thioether (sulfide) groups is 1. The van der Waals surface area contributed by atoms with Crippen molar-refractivity contribution in [3.05, 3.63) is 24.0 Å². The van der Waals surface area contributed by atoms with Crippen molar-refractivity contribution in [2.45, 2.75) is 11.8 Å². The van der Waals surface area contributed by atoms with Crippen LogP contribution in [0.2, 0.25) is 0 Å². The van der Waals surface area contributed by atoms with Gasteiger partial charge < -0.3 is 4.74 Å². The van der Waals surface area contributed by atoms with E-state index in [4.69, 9.17) is 10.00 Å². The van der Waals surface area contributed by atoms with Gasteiger partial charge >= 0.3 is 5.97 Å². The monoisotopic (exact) mass is 222 g/mol. The smallest absolute Gasteiger partial charge is 0.316 e. The fourth-order valence-corrected chi connectivity index (χ4v) is 1.54. The molecule has 0 aromatic carbocycles. The zero-order chi connectivity index (χ0) is 11.1. The molecule has 0 unspecified atom stereocenters. The summed E-state index contributed by atoms with van der Waals surface area (Å²) in [6, 6.07) is 5.31. The van der Waals surface area contributed by atoms with Crippen LogP contribution in [0.1, 0.15) is 12.6 Å². The lowest BCUT2D eigenvalue weighted by Crippen LogP contribution is -2.06. The molecule has 0 aliphatic rings. The van der Waals surface area contributed by atoms with E-state index in [0.29, 0.717) is 12.3 Å². The lowest BCUT2D eigenvalue weighted by molar-refractivity contribution is -0.139. The average Bonchev–Trinajstić information content (AvgIpc) is 2.27. The molecule has 1 heterocycles. The Labute approximate surface area is 92.3 Å². The molecule has 0 saturated carbocycles. The summed E-state index contributed by atoms with van der Waals surface area (Å²) in [6.45, 7) is 2.16. The predicted octanol–water partition coefficient (Wildman–Crippen LogP) is 1.61. The van der Waals surface area contributed by atoms with E-state index in [2.05, 4.69) is 4.98 Å². The van der Waals surface area contributed by atoms with Gasteiger partial charge in [-0.05, 0) is 19.1 Å². The summed E-state index contributed by atoms with van der Waals surface area (Å²) in [6.07, 6.45) is 1.57. The van der Waals surface area contributed by atoms with Crippen LogP contribution in [0.15, 0.2) is 23.2 Å². The zero-order valence-electron chi connectivity index (χ0n) is 8.27. The van der Waals surface area contributed by atoms with Crippen molar-refractivity contribution < 1.29 is 9.53 Å². The highest BCUT2D eigenvalue weighted by Gasteiger charge is 2.03. The second-order valence-electron chi connectivity index (χ2n) is 2.58. The number of ether oxygens (including phenoxy) is 1. The molecule has 1 aromatic heterocycles. The number of nitriles is 1. The number of pyridine rings is 1. The SMILES string of the molecule is CCOC(=O)CSc1ccc(C#N)nc1. The first-order valence-electron chi connectivity index (χ1n) is 4.41. The maximum atomic E-state index is 11.0. The average molecular weight is 222 g/mol. The molecule has 0 spiro atoms. The fourth-order valence-electron chi connectivity index (χ4n) is 0.877. The molecule has 15 heavy (non-hydrogen) atoms. The molecule has 5 heteroatoms. The highest BCUT2D eigenvalue weighted by molar-refractivity contribution is 8.00. The van der Waals surface area contributed by atoms with Crippen molar-refractivity contribution in [2.75, 3.05) is 12.4 Å². The Morgan fingerprint density at radius 1 is 1.67 bits per heavy atom. The van der Waals surface area contributed by atoms with Crippen LogP contribution in [0.3, 0.4) is 0 Å². The van der Waals surface area contributed by atoms with E-state index in [0.717, 1.165) is 4.90 Å². The minimum absolute atomic E-state index is 0.244. The summed E-state index contributed by atoms with van der Waals surface area (Å²) < 4.78 is 4.78. The molecule has 0 atom stereocenters. The van der Waals surface area contributed by atoms with Crippen LogP contribution >= 0.6 is 11.8 Å². The first-order chi connectivity index (χ1) is 7.26. The Morgan fingerprint density at radius 3 is 3.00 bits per heavy atom. The van der Waals surface area contributed by atoms with Gasteiger partial charge in [0.1, 0.15) is 11.8 Å². The van der Waals surface area contributed by atoms with Gasteiger partial charge in [-0.1, -0.05) is 0 Å². The minimum atomic E-state index is -0.244. The highest BCUT2D eigenvalue weighted by atomic mass is 32.2. The van der Waals surface area contributed by atoms with Gasteiger partial charge in [-0.2, -0.15) is 5.26 Å². The Hall–Kier alpha value is -1.54. The third-order valence-electron chi connectivity index (χ3n) is 1.51. The quantitative estimate of drug-likeness (QED) is 0.572. The van der Waals surface area contributed by atoms with E-state index >= 15 is 0 Å². The second kappa shape index (κ2) is 6.04. The number of rotatable bonds is 4. The van der Waals surface area contributed by atoms with E-state index in [9.17, 15) is 4.79 Å². The lowest BCUT2D eigenvalue weighted by Gasteiger charge is -2.01. The Bertz CT molecular complexity index is 370. The van der Waals surface area contributed by atoms with Gasteiger partial charge in [0.05, 0.1) is 12.4 Å². The molecule has 0 aliphatic carbocycles. The second-order valence-corrected chi connectivity index (χ2v) is 3.63. The molecular formula is C10H10N2O2S. The van der Waals surface area contributed by atoms with Crippen LogP contribution in [0, 0.1) is 11.3 Å². The Balaban J connectivity index is 2.45. The minimum Gasteiger partial charge on any atom is -0.465 e. The summed E-state index contributed by atoms with van der Waals surface area (Å²) in [4.78, 5) is 15.8. The molecule has 0 bridgehead atoms. The zero-order valence-corrected chi connectivity index (χ0v) is 9.08. The number of esters is 1.